The van der Waals surface area contributed by atoms with Gasteiger partial charge in [0.15, 0.2) is 0 Å². The summed E-state index contributed by atoms with van der Waals surface area (Å²) in [7, 11) is 0. The summed E-state index contributed by atoms with van der Waals surface area (Å²) in [6.45, 7) is 6.18. The smallest absolute Gasteiger partial charge is 0.313 e. The molecule has 0 saturated carbocycles. The molecule has 7 heteroatoms. The Morgan fingerprint density at radius 2 is 1.88 bits per heavy atom. The molecule has 1 aromatic heterocycles. The molecule has 3 N–H and O–H groups in total. The maximum absolute atomic E-state index is 11.9. The molecule has 2 amide bonds. The van der Waals surface area contributed by atoms with E-state index in [1.807, 2.05) is 6.92 Å². The van der Waals surface area contributed by atoms with E-state index in [0.29, 0.717) is 29.4 Å². The number of hydrogen-bond acceptors (Lipinski definition) is 5. The van der Waals surface area contributed by atoms with Crippen molar-refractivity contribution in [1.29, 1.82) is 0 Å². The first-order valence-electron chi connectivity index (χ1n) is 8.47. The molecule has 0 spiro atoms. The van der Waals surface area contributed by atoms with Gasteiger partial charge in [-0.3, -0.25) is 9.59 Å². The highest BCUT2D eigenvalue weighted by molar-refractivity contribution is 6.39. The Morgan fingerprint density at radius 3 is 2.46 bits per heavy atom. The minimum absolute atomic E-state index is 0.167. The summed E-state index contributed by atoms with van der Waals surface area (Å²) in [5, 5.41) is 15.2. The van der Waals surface area contributed by atoms with Crippen LogP contribution in [0.1, 0.15) is 36.5 Å². The van der Waals surface area contributed by atoms with Gasteiger partial charge in [-0.2, -0.15) is 0 Å². The second-order valence-corrected chi connectivity index (χ2v) is 5.84. The molecule has 7 nitrogen and oxygen atoms in total. The highest BCUT2D eigenvalue weighted by Gasteiger charge is 2.17. The van der Waals surface area contributed by atoms with E-state index in [-0.39, 0.29) is 13.0 Å². The number of nitrogens with one attached hydrogen (secondary N) is 2. The number of carbonyl (C=O) groups excluding carboxylic acids is 2. The van der Waals surface area contributed by atoms with E-state index in [0.717, 1.165) is 5.76 Å². The molecule has 0 aliphatic heterocycles. The molecule has 0 bridgehead atoms. The summed E-state index contributed by atoms with van der Waals surface area (Å²) in [6, 6.07) is 8.50. The van der Waals surface area contributed by atoms with Crippen LogP contribution in [0.15, 0.2) is 34.7 Å². The Balaban J connectivity index is 1.78. The van der Waals surface area contributed by atoms with Gasteiger partial charge in [0.2, 0.25) is 0 Å². The third kappa shape index (κ3) is 5.35. The Bertz CT molecular complexity index is 752. The largest absolute Gasteiger partial charge is 0.494 e. The molecule has 1 unspecified atom stereocenters. The van der Waals surface area contributed by atoms with E-state index in [1.165, 1.54) is 0 Å². The molecular formula is C19H24N2O5. The van der Waals surface area contributed by atoms with Crippen molar-refractivity contribution in [1.82, 2.24) is 5.32 Å². The van der Waals surface area contributed by atoms with Gasteiger partial charge in [0.05, 0.1) is 12.7 Å². The van der Waals surface area contributed by atoms with E-state index in [1.54, 1.807) is 44.2 Å². The maximum Gasteiger partial charge on any atom is 0.313 e. The Kier molecular flexibility index (Phi) is 6.80. The van der Waals surface area contributed by atoms with Crippen LogP contribution in [-0.2, 0) is 9.59 Å². The molecule has 2 aromatic rings. The Morgan fingerprint density at radius 1 is 1.19 bits per heavy atom. The highest BCUT2D eigenvalue weighted by Crippen LogP contribution is 2.23. The number of rotatable bonds is 7. The topological polar surface area (TPSA) is 101 Å². The third-order valence-electron chi connectivity index (χ3n) is 3.77. The lowest BCUT2D eigenvalue weighted by Crippen LogP contribution is -2.36. The number of amides is 2. The van der Waals surface area contributed by atoms with E-state index in [9.17, 15) is 14.7 Å². The van der Waals surface area contributed by atoms with Gasteiger partial charge in [0, 0.05) is 17.8 Å². The highest BCUT2D eigenvalue weighted by atomic mass is 16.5. The fraction of sp³-hybridized carbons (Fsp3) is 0.368. The molecule has 26 heavy (non-hydrogen) atoms. The zero-order chi connectivity index (χ0) is 19.1. The van der Waals surface area contributed by atoms with Crippen LogP contribution >= 0.6 is 0 Å². The van der Waals surface area contributed by atoms with Crippen molar-refractivity contribution in [2.24, 2.45) is 0 Å². The van der Waals surface area contributed by atoms with Gasteiger partial charge >= 0.3 is 11.8 Å². The average molecular weight is 360 g/mol. The fourth-order valence-electron chi connectivity index (χ4n) is 2.53. The zero-order valence-electron chi connectivity index (χ0n) is 15.2. The summed E-state index contributed by atoms with van der Waals surface area (Å²) < 4.78 is 10.7. The number of aliphatic hydroxyl groups excluding tert-OH is 1. The van der Waals surface area contributed by atoms with E-state index >= 15 is 0 Å². The molecule has 0 saturated heterocycles. The van der Waals surface area contributed by atoms with Crippen LogP contribution in [0.5, 0.6) is 5.75 Å². The standard InChI is InChI=1S/C19H24N2O5/c1-4-25-15-7-5-14(6-8-15)21-19(24)18(23)20-10-9-17(22)16-11-12(2)26-13(16)3/h5-8,11,17,22H,4,9-10H2,1-3H3,(H,20,23)(H,21,24). The SMILES string of the molecule is CCOc1ccc(NC(=O)C(=O)NCCC(O)c2cc(C)oc2C)cc1. The molecule has 1 atom stereocenters. The number of hydrogen-bond donors (Lipinski definition) is 3. The van der Waals surface area contributed by atoms with Gasteiger partial charge in [0.1, 0.15) is 17.3 Å². The average Bonchev–Trinajstić information content (AvgIpc) is 2.95. The fourth-order valence-corrected chi connectivity index (χ4v) is 2.53. The van der Waals surface area contributed by atoms with Crippen LogP contribution in [0.3, 0.4) is 0 Å². The van der Waals surface area contributed by atoms with Crippen molar-refractivity contribution >= 4 is 17.5 Å². The molecule has 140 valence electrons. The van der Waals surface area contributed by atoms with Gasteiger partial charge in [0.25, 0.3) is 0 Å². The number of aliphatic hydroxyl groups is 1. The maximum atomic E-state index is 11.9. The predicted octanol–water partition coefficient (Wildman–Crippen LogP) is 2.47. The van der Waals surface area contributed by atoms with E-state index in [4.69, 9.17) is 9.15 Å². The third-order valence-corrected chi connectivity index (χ3v) is 3.77. The number of carbonyl (C=O) groups is 2. The number of ether oxygens (including phenoxy) is 1. The number of anilines is 1. The van der Waals surface area contributed by atoms with Gasteiger partial charge in [-0.05, 0) is 57.5 Å². The normalized spacial score (nSPS) is 11.7. The van der Waals surface area contributed by atoms with Crippen molar-refractivity contribution in [3.05, 3.63) is 47.4 Å². The summed E-state index contributed by atoms with van der Waals surface area (Å²) >= 11 is 0. The van der Waals surface area contributed by atoms with Crippen molar-refractivity contribution in [2.45, 2.75) is 33.3 Å². The van der Waals surface area contributed by atoms with Crippen molar-refractivity contribution in [3.63, 3.8) is 0 Å². The van der Waals surface area contributed by atoms with Crippen molar-refractivity contribution in [3.8, 4) is 5.75 Å². The van der Waals surface area contributed by atoms with Crippen LogP contribution in [-0.4, -0.2) is 30.1 Å². The molecule has 2 rings (SSSR count). The predicted molar refractivity (Wildman–Crippen MR) is 97.0 cm³/mol. The number of aryl methyl sites for hydroxylation is 2. The van der Waals surface area contributed by atoms with Crippen LogP contribution < -0.4 is 15.4 Å². The van der Waals surface area contributed by atoms with Crippen LogP contribution in [0.4, 0.5) is 5.69 Å². The minimum Gasteiger partial charge on any atom is -0.494 e. The lowest BCUT2D eigenvalue weighted by Gasteiger charge is -2.11. The number of furan rings is 1. The lowest BCUT2D eigenvalue weighted by atomic mass is 10.1. The van der Waals surface area contributed by atoms with Gasteiger partial charge < -0.3 is 24.9 Å². The summed E-state index contributed by atoms with van der Waals surface area (Å²) in [4.78, 5) is 23.8. The van der Waals surface area contributed by atoms with Crippen molar-refractivity contribution < 1.29 is 23.8 Å². The zero-order valence-corrected chi connectivity index (χ0v) is 15.2. The van der Waals surface area contributed by atoms with Gasteiger partial charge in [-0.15, -0.1) is 0 Å². The second-order valence-electron chi connectivity index (χ2n) is 5.84. The quantitative estimate of drug-likeness (QED) is 0.659. The summed E-state index contributed by atoms with van der Waals surface area (Å²) in [6.07, 6.45) is -0.482. The molecule has 1 heterocycles. The van der Waals surface area contributed by atoms with E-state index < -0.39 is 17.9 Å². The first kappa shape index (κ1) is 19.5. The van der Waals surface area contributed by atoms with Gasteiger partial charge in [-0.1, -0.05) is 0 Å². The monoisotopic (exact) mass is 360 g/mol. The first-order chi connectivity index (χ1) is 12.4. The lowest BCUT2D eigenvalue weighted by molar-refractivity contribution is -0.136. The molecule has 0 aliphatic rings. The molecule has 0 aliphatic carbocycles. The Labute approximate surface area is 152 Å². The summed E-state index contributed by atoms with van der Waals surface area (Å²) in [5.41, 5.74) is 1.19. The van der Waals surface area contributed by atoms with Crippen LogP contribution in [0.2, 0.25) is 0 Å². The van der Waals surface area contributed by atoms with Crippen molar-refractivity contribution in [2.75, 3.05) is 18.5 Å². The summed E-state index contributed by atoms with van der Waals surface area (Å²) in [5.74, 6) is 0.531. The number of benzene rings is 1. The molecule has 0 radical (unpaired) electrons. The van der Waals surface area contributed by atoms with Crippen LogP contribution in [0.25, 0.3) is 0 Å². The van der Waals surface area contributed by atoms with Crippen LogP contribution in [0, 0.1) is 13.8 Å². The molecule has 0 fully saturated rings. The first-order valence-corrected chi connectivity index (χ1v) is 8.47. The molecular weight excluding hydrogens is 336 g/mol. The van der Waals surface area contributed by atoms with E-state index in [2.05, 4.69) is 10.6 Å². The molecule has 1 aromatic carbocycles. The Hall–Kier alpha value is -2.80. The van der Waals surface area contributed by atoms with Gasteiger partial charge in [-0.25, -0.2) is 0 Å². The second kappa shape index (κ2) is 9.05. The minimum atomic E-state index is -0.765.